The zero-order valence-electron chi connectivity index (χ0n) is 9.17. The van der Waals surface area contributed by atoms with E-state index in [9.17, 15) is 0 Å². The molecule has 0 spiro atoms. The van der Waals surface area contributed by atoms with E-state index in [1.807, 2.05) is 0 Å². The lowest BCUT2D eigenvalue weighted by molar-refractivity contribution is 0.475. The lowest BCUT2D eigenvalue weighted by atomic mass is 10.3. The highest BCUT2D eigenvalue weighted by Gasteiger charge is 2.02. The number of benzene rings is 2. The fourth-order valence-electron chi connectivity index (χ4n) is 0.997. The van der Waals surface area contributed by atoms with E-state index in [-0.39, 0.29) is 16.5 Å². The summed E-state index contributed by atoms with van der Waals surface area (Å²) in [5.41, 5.74) is 0. The molecule has 2 rings (SSSR count). The molecule has 0 heterocycles. The fourth-order valence-corrected chi connectivity index (χ4v) is 1.83. The minimum absolute atomic E-state index is 0.0592. The average Bonchev–Trinajstić information content (AvgIpc) is 2.33. The van der Waals surface area contributed by atoms with Crippen molar-refractivity contribution in [3.05, 3.63) is 55.4 Å². The Kier molecular flexibility index (Phi) is 6.37. The third-order valence-electron chi connectivity index (χ3n) is 1.89. The second kappa shape index (κ2) is 7.32. The molecule has 19 heavy (non-hydrogen) atoms. The van der Waals surface area contributed by atoms with Crippen molar-refractivity contribution in [2.75, 3.05) is 0 Å². The van der Waals surface area contributed by atoms with Gasteiger partial charge in [-0.25, -0.2) is 0 Å². The number of phenolic OH excluding ortho intramolecular Hbond substituents is 2. The highest BCUT2D eigenvalue weighted by Crippen LogP contribution is 2.32. The normalized spacial score (nSPS) is 9.74. The van der Waals surface area contributed by atoms with E-state index >= 15 is 0 Å². The van der Waals surface area contributed by atoms with Crippen molar-refractivity contribution in [1.82, 2.24) is 0 Å². The molecule has 0 bridgehead atoms. The minimum Gasteiger partial charge on any atom is -0.508 e. The van der Waals surface area contributed by atoms with Crippen LogP contribution in [-0.4, -0.2) is 10.2 Å². The molecule has 0 radical (unpaired) electrons. The SMILES string of the molecule is Oc1cc(Cl)c(Cl)cc1Cl.Oc1ccc(Cl)c(Cl)c1. The van der Waals surface area contributed by atoms with Gasteiger partial charge >= 0.3 is 0 Å². The smallest absolute Gasteiger partial charge is 0.135 e. The molecule has 0 aliphatic carbocycles. The van der Waals surface area contributed by atoms with Crippen LogP contribution in [0.15, 0.2) is 30.3 Å². The van der Waals surface area contributed by atoms with Crippen molar-refractivity contribution >= 4 is 58.0 Å². The van der Waals surface area contributed by atoms with Crippen LogP contribution in [-0.2, 0) is 0 Å². The Morgan fingerprint density at radius 1 is 0.579 bits per heavy atom. The third-order valence-corrected chi connectivity index (χ3v) is 3.66. The molecule has 0 aliphatic heterocycles. The van der Waals surface area contributed by atoms with Crippen LogP contribution in [0.5, 0.6) is 11.5 Å². The summed E-state index contributed by atoms with van der Waals surface area (Å²) in [6.07, 6.45) is 0. The Balaban J connectivity index is 0.000000191. The molecule has 2 aromatic rings. The predicted molar refractivity (Wildman–Crippen MR) is 81.3 cm³/mol. The number of rotatable bonds is 0. The quantitative estimate of drug-likeness (QED) is 0.561. The molecule has 0 saturated carbocycles. The first kappa shape index (κ1) is 16.5. The highest BCUT2D eigenvalue weighted by molar-refractivity contribution is 6.43. The summed E-state index contributed by atoms with van der Waals surface area (Å²) < 4.78 is 0. The molecule has 0 fully saturated rings. The Labute approximate surface area is 135 Å². The molecule has 2 N–H and O–H groups in total. The van der Waals surface area contributed by atoms with Crippen molar-refractivity contribution < 1.29 is 10.2 Å². The summed E-state index contributed by atoms with van der Waals surface area (Å²) in [7, 11) is 0. The first-order valence-corrected chi connectivity index (χ1v) is 6.67. The van der Waals surface area contributed by atoms with E-state index < -0.39 is 0 Å². The van der Waals surface area contributed by atoms with E-state index in [0.717, 1.165) is 0 Å². The van der Waals surface area contributed by atoms with Gasteiger partial charge in [0.15, 0.2) is 0 Å². The van der Waals surface area contributed by atoms with Gasteiger partial charge in [0, 0.05) is 6.07 Å². The predicted octanol–water partition coefficient (Wildman–Crippen LogP) is 6.05. The molecule has 0 amide bonds. The molecule has 7 heteroatoms. The van der Waals surface area contributed by atoms with Crippen molar-refractivity contribution in [2.45, 2.75) is 0 Å². The van der Waals surface area contributed by atoms with Crippen molar-refractivity contribution in [2.24, 2.45) is 0 Å². The summed E-state index contributed by atoms with van der Waals surface area (Å²) in [4.78, 5) is 0. The molecule has 0 aliphatic rings. The largest absolute Gasteiger partial charge is 0.508 e. The molecule has 2 nitrogen and oxygen atoms in total. The van der Waals surface area contributed by atoms with Gasteiger partial charge in [-0.3, -0.25) is 0 Å². The number of hydrogen-bond donors (Lipinski definition) is 2. The van der Waals surface area contributed by atoms with E-state index in [1.165, 1.54) is 24.3 Å². The first-order chi connectivity index (χ1) is 8.81. The Bertz CT molecular complexity index is 536. The zero-order valence-corrected chi connectivity index (χ0v) is 13.0. The van der Waals surface area contributed by atoms with Crippen molar-refractivity contribution in [3.63, 3.8) is 0 Å². The summed E-state index contributed by atoms with van der Waals surface area (Å²) >= 11 is 27.6. The van der Waals surface area contributed by atoms with Gasteiger partial charge in [0.25, 0.3) is 0 Å². The lowest BCUT2D eigenvalue weighted by Crippen LogP contribution is -1.70. The van der Waals surface area contributed by atoms with Gasteiger partial charge in [-0.1, -0.05) is 58.0 Å². The lowest BCUT2D eigenvalue weighted by Gasteiger charge is -1.97. The maximum atomic E-state index is 8.95. The molecular weight excluding hydrogens is 353 g/mol. The second-order valence-corrected chi connectivity index (χ2v) is 5.35. The van der Waals surface area contributed by atoms with Crippen LogP contribution in [0, 0.1) is 0 Å². The molecule has 2 aromatic carbocycles. The molecule has 102 valence electrons. The van der Waals surface area contributed by atoms with E-state index in [2.05, 4.69) is 0 Å². The van der Waals surface area contributed by atoms with Gasteiger partial charge in [0.1, 0.15) is 11.5 Å². The first-order valence-electron chi connectivity index (χ1n) is 4.78. The summed E-state index contributed by atoms with van der Waals surface area (Å²) in [6.45, 7) is 0. The Morgan fingerprint density at radius 2 is 1.11 bits per heavy atom. The molecule has 0 unspecified atom stereocenters. The maximum Gasteiger partial charge on any atom is 0.135 e. The van der Waals surface area contributed by atoms with Gasteiger partial charge in [0.05, 0.1) is 25.1 Å². The van der Waals surface area contributed by atoms with E-state index in [1.54, 1.807) is 6.07 Å². The Hall–Kier alpha value is -0.510. The summed E-state index contributed by atoms with van der Waals surface area (Å²) in [5, 5.41) is 19.4. The maximum absolute atomic E-state index is 8.95. The van der Waals surface area contributed by atoms with Crippen LogP contribution in [0.2, 0.25) is 25.1 Å². The van der Waals surface area contributed by atoms with Gasteiger partial charge in [-0.15, -0.1) is 0 Å². The number of hydrogen-bond acceptors (Lipinski definition) is 2. The van der Waals surface area contributed by atoms with Gasteiger partial charge < -0.3 is 10.2 Å². The standard InChI is InChI=1S/C6H3Cl3O.C6H4Cl2O/c7-3-1-5(9)6(10)2-4(3)8;7-5-2-1-4(9)3-6(5)8/h1-2,10H;1-3,9H. The van der Waals surface area contributed by atoms with E-state index in [4.69, 9.17) is 68.2 Å². The van der Waals surface area contributed by atoms with Crippen LogP contribution in [0.1, 0.15) is 0 Å². The topological polar surface area (TPSA) is 40.5 Å². The number of halogens is 5. The average molecular weight is 360 g/mol. The van der Waals surface area contributed by atoms with Crippen LogP contribution in [0.4, 0.5) is 0 Å². The van der Waals surface area contributed by atoms with E-state index in [0.29, 0.717) is 20.1 Å². The van der Waals surface area contributed by atoms with Crippen molar-refractivity contribution in [1.29, 1.82) is 0 Å². The summed E-state index contributed by atoms with van der Waals surface area (Å²) in [5.74, 6) is 0.0699. The minimum atomic E-state index is -0.0592. The van der Waals surface area contributed by atoms with Crippen molar-refractivity contribution in [3.8, 4) is 11.5 Å². The second-order valence-electron chi connectivity index (χ2n) is 3.32. The number of aromatic hydroxyl groups is 2. The molecule has 0 atom stereocenters. The van der Waals surface area contributed by atoms with Gasteiger partial charge in [-0.05, 0) is 24.3 Å². The van der Waals surface area contributed by atoms with Crippen LogP contribution in [0.3, 0.4) is 0 Å². The molecule has 0 aromatic heterocycles. The van der Waals surface area contributed by atoms with Gasteiger partial charge in [-0.2, -0.15) is 0 Å². The van der Waals surface area contributed by atoms with Crippen LogP contribution >= 0.6 is 58.0 Å². The molecule has 0 saturated heterocycles. The summed E-state index contributed by atoms with van der Waals surface area (Å²) in [6, 6.07) is 7.10. The molecular formula is C12H7Cl5O2. The van der Waals surface area contributed by atoms with Crippen LogP contribution < -0.4 is 0 Å². The Morgan fingerprint density at radius 3 is 1.58 bits per heavy atom. The van der Waals surface area contributed by atoms with Gasteiger partial charge in [0.2, 0.25) is 0 Å². The zero-order chi connectivity index (χ0) is 14.6. The van der Waals surface area contributed by atoms with Crippen LogP contribution in [0.25, 0.3) is 0 Å². The fraction of sp³-hybridized carbons (Fsp3) is 0. The monoisotopic (exact) mass is 358 g/mol. The highest BCUT2D eigenvalue weighted by atomic mass is 35.5. The third kappa shape index (κ3) is 5.17. The number of phenols is 2.